The van der Waals surface area contributed by atoms with Crippen molar-refractivity contribution in [1.29, 1.82) is 0 Å². The van der Waals surface area contributed by atoms with Crippen LogP contribution in [-0.4, -0.2) is 34.9 Å². The molecular weight excluding hydrogens is 447 g/mol. The van der Waals surface area contributed by atoms with Gasteiger partial charge in [-0.2, -0.15) is 0 Å². The molecule has 0 aromatic heterocycles. The highest BCUT2D eigenvalue weighted by Gasteiger charge is 2.28. The van der Waals surface area contributed by atoms with Crippen molar-refractivity contribution < 1.29 is 14.3 Å². The van der Waals surface area contributed by atoms with Crippen LogP contribution in [0.2, 0.25) is 15.1 Å². The maximum atomic E-state index is 13.0. The normalized spacial score (nSPS) is 12.2. The first-order valence-corrected chi connectivity index (χ1v) is 10.5. The lowest BCUT2D eigenvalue weighted by atomic mass is 10.1. The molecule has 0 spiro atoms. The standard InChI is InChI=1S/C22H25Cl3N2O3/c1-14(21(29)26-22(2,3)4)27(12-15-8-9-18(24)19(25)10-15)20(28)13-30-17-7-5-6-16(23)11-17/h5-11,14H,12-13H2,1-4H3,(H,26,29)/t14-/m0/s1. The van der Waals surface area contributed by atoms with Gasteiger partial charge in [-0.1, -0.05) is 46.9 Å². The first-order chi connectivity index (χ1) is 14.0. The molecule has 5 nitrogen and oxygen atoms in total. The molecule has 0 fully saturated rings. The number of carbonyl (C=O) groups excluding carboxylic acids is 2. The van der Waals surface area contributed by atoms with Crippen LogP contribution in [0.4, 0.5) is 0 Å². The summed E-state index contributed by atoms with van der Waals surface area (Å²) >= 11 is 18.1. The summed E-state index contributed by atoms with van der Waals surface area (Å²) in [6.07, 6.45) is 0. The molecule has 0 aliphatic carbocycles. The Morgan fingerprint density at radius 3 is 2.37 bits per heavy atom. The number of hydrogen-bond donors (Lipinski definition) is 1. The molecule has 0 aliphatic heterocycles. The van der Waals surface area contributed by atoms with E-state index in [2.05, 4.69) is 5.32 Å². The fourth-order valence-corrected chi connectivity index (χ4v) is 3.18. The quantitative estimate of drug-likeness (QED) is 0.591. The van der Waals surface area contributed by atoms with Crippen molar-refractivity contribution in [2.24, 2.45) is 0 Å². The summed E-state index contributed by atoms with van der Waals surface area (Å²) in [5.74, 6) is -0.145. The topological polar surface area (TPSA) is 58.6 Å². The van der Waals surface area contributed by atoms with Gasteiger partial charge in [0, 0.05) is 17.1 Å². The Morgan fingerprint density at radius 2 is 1.77 bits per heavy atom. The molecule has 162 valence electrons. The number of amides is 2. The summed E-state index contributed by atoms with van der Waals surface area (Å²) in [5, 5.41) is 4.20. The van der Waals surface area contributed by atoms with Crippen LogP contribution < -0.4 is 10.1 Å². The van der Waals surface area contributed by atoms with E-state index in [4.69, 9.17) is 39.5 Å². The van der Waals surface area contributed by atoms with Gasteiger partial charge in [-0.25, -0.2) is 0 Å². The lowest BCUT2D eigenvalue weighted by molar-refractivity contribution is -0.142. The SMILES string of the molecule is C[C@@H](C(=O)NC(C)(C)C)N(Cc1ccc(Cl)c(Cl)c1)C(=O)COc1cccc(Cl)c1. The number of carbonyl (C=O) groups is 2. The molecule has 2 aromatic rings. The van der Waals surface area contributed by atoms with Crippen LogP contribution in [0.15, 0.2) is 42.5 Å². The third kappa shape index (κ3) is 7.38. The van der Waals surface area contributed by atoms with Gasteiger partial charge in [0.15, 0.2) is 6.61 Å². The maximum absolute atomic E-state index is 13.0. The Morgan fingerprint density at radius 1 is 1.07 bits per heavy atom. The Bertz CT molecular complexity index is 913. The molecule has 0 heterocycles. The van der Waals surface area contributed by atoms with Gasteiger partial charge in [-0.05, 0) is 63.6 Å². The van der Waals surface area contributed by atoms with E-state index in [0.29, 0.717) is 20.8 Å². The van der Waals surface area contributed by atoms with E-state index in [1.54, 1.807) is 49.4 Å². The van der Waals surface area contributed by atoms with Crippen molar-refractivity contribution in [2.75, 3.05) is 6.61 Å². The number of ether oxygens (including phenoxy) is 1. The molecule has 2 amide bonds. The van der Waals surface area contributed by atoms with Crippen LogP contribution in [0.5, 0.6) is 5.75 Å². The number of nitrogens with zero attached hydrogens (tertiary/aromatic N) is 1. The monoisotopic (exact) mass is 470 g/mol. The van der Waals surface area contributed by atoms with Crippen LogP contribution in [0.1, 0.15) is 33.3 Å². The van der Waals surface area contributed by atoms with Crippen LogP contribution in [0, 0.1) is 0 Å². The van der Waals surface area contributed by atoms with Gasteiger partial charge in [-0.15, -0.1) is 0 Å². The van der Waals surface area contributed by atoms with E-state index < -0.39 is 11.6 Å². The van der Waals surface area contributed by atoms with E-state index in [-0.39, 0.29) is 25.0 Å². The number of halogens is 3. The largest absolute Gasteiger partial charge is 0.484 e. The van der Waals surface area contributed by atoms with Gasteiger partial charge >= 0.3 is 0 Å². The molecule has 0 aliphatic rings. The van der Waals surface area contributed by atoms with Crippen molar-refractivity contribution in [1.82, 2.24) is 10.2 Å². The van der Waals surface area contributed by atoms with Gasteiger partial charge in [0.2, 0.25) is 5.91 Å². The molecule has 1 N–H and O–H groups in total. The second-order valence-electron chi connectivity index (χ2n) is 7.93. The number of nitrogens with one attached hydrogen (secondary N) is 1. The van der Waals surface area contributed by atoms with Crippen LogP contribution >= 0.6 is 34.8 Å². The van der Waals surface area contributed by atoms with Crippen LogP contribution in [0.25, 0.3) is 0 Å². The van der Waals surface area contributed by atoms with E-state index in [1.807, 2.05) is 20.8 Å². The Hall–Kier alpha value is -1.95. The van der Waals surface area contributed by atoms with Crippen molar-refractivity contribution in [2.45, 2.75) is 45.8 Å². The maximum Gasteiger partial charge on any atom is 0.261 e. The molecule has 1 atom stereocenters. The minimum atomic E-state index is -0.728. The van der Waals surface area contributed by atoms with Crippen molar-refractivity contribution in [3.05, 3.63) is 63.1 Å². The summed E-state index contributed by atoms with van der Waals surface area (Å²) in [6, 6.07) is 11.1. The Labute approximate surface area is 192 Å². The molecule has 2 aromatic carbocycles. The zero-order chi connectivity index (χ0) is 22.5. The molecule has 0 saturated heterocycles. The van der Waals surface area contributed by atoms with Gasteiger partial charge < -0.3 is 15.0 Å². The predicted octanol–water partition coefficient (Wildman–Crippen LogP) is 5.36. The lowest BCUT2D eigenvalue weighted by Crippen LogP contribution is -2.53. The summed E-state index contributed by atoms with van der Waals surface area (Å²) in [5.41, 5.74) is 0.317. The highest BCUT2D eigenvalue weighted by molar-refractivity contribution is 6.42. The van der Waals surface area contributed by atoms with Crippen molar-refractivity contribution in [3.8, 4) is 5.75 Å². The second-order valence-corrected chi connectivity index (χ2v) is 9.18. The minimum absolute atomic E-state index is 0.174. The van der Waals surface area contributed by atoms with E-state index in [0.717, 1.165) is 5.56 Å². The molecule has 8 heteroatoms. The highest BCUT2D eigenvalue weighted by atomic mass is 35.5. The molecule has 0 unspecified atom stereocenters. The number of hydrogen-bond acceptors (Lipinski definition) is 3. The van der Waals surface area contributed by atoms with Crippen LogP contribution in [0.3, 0.4) is 0 Å². The smallest absolute Gasteiger partial charge is 0.261 e. The Kier molecular flexibility index (Phi) is 8.42. The zero-order valence-electron chi connectivity index (χ0n) is 17.3. The molecule has 2 rings (SSSR count). The molecule has 0 bridgehead atoms. The number of benzene rings is 2. The second kappa shape index (κ2) is 10.4. The van der Waals surface area contributed by atoms with Gasteiger partial charge in [0.1, 0.15) is 11.8 Å². The first kappa shape index (κ1) is 24.3. The summed E-state index contributed by atoms with van der Waals surface area (Å²) in [6.45, 7) is 7.25. The molecule has 30 heavy (non-hydrogen) atoms. The fourth-order valence-electron chi connectivity index (χ4n) is 2.68. The van der Waals surface area contributed by atoms with Gasteiger partial charge in [0.25, 0.3) is 5.91 Å². The molecule has 0 radical (unpaired) electrons. The van der Waals surface area contributed by atoms with E-state index in [1.165, 1.54) is 4.90 Å². The lowest BCUT2D eigenvalue weighted by Gasteiger charge is -2.31. The third-order valence-corrected chi connectivity index (χ3v) is 5.13. The number of rotatable bonds is 7. The summed E-state index contributed by atoms with van der Waals surface area (Å²) in [7, 11) is 0. The third-order valence-electron chi connectivity index (χ3n) is 4.16. The average molecular weight is 472 g/mol. The van der Waals surface area contributed by atoms with E-state index >= 15 is 0 Å². The van der Waals surface area contributed by atoms with E-state index in [9.17, 15) is 9.59 Å². The minimum Gasteiger partial charge on any atom is -0.484 e. The summed E-state index contributed by atoms with van der Waals surface area (Å²) < 4.78 is 5.59. The molecular formula is C22H25Cl3N2O3. The Balaban J connectivity index is 2.20. The van der Waals surface area contributed by atoms with Gasteiger partial charge in [0.05, 0.1) is 10.0 Å². The fraction of sp³-hybridized carbons (Fsp3) is 0.364. The first-order valence-electron chi connectivity index (χ1n) is 9.40. The van der Waals surface area contributed by atoms with Crippen molar-refractivity contribution >= 4 is 46.6 Å². The zero-order valence-corrected chi connectivity index (χ0v) is 19.6. The molecule has 0 saturated carbocycles. The predicted molar refractivity (Wildman–Crippen MR) is 121 cm³/mol. The highest BCUT2D eigenvalue weighted by Crippen LogP contribution is 2.24. The van der Waals surface area contributed by atoms with Crippen molar-refractivity contribution in [3.63, 3.8) is 0 Å². The van der Waals surface area contributed by atoms with Crippen LogP contribution in [-0.2, 0) is 16.1 Å². The average Bonchev–Trinajstić information content (AvgIpc) is 2.65. The summed E-state index contributed by atoms with van der Waals surface area (Å²) in [4.78, 5) is 27.2. The van der Waals surface area contributed by atoms with Gasteiger partial charge in [-0.3, -0.25) is 9.59 Å².